The number of halogens is 1. The maximum atomic E-state index is 12.1. The number of benzene rings is 2. The van der Waals surface area contributed by atoms with Crippen LogP contribution in [0.25, 0.3) is 10.2 Å². The van der Waals surface area contributed by atoms with E-state index >= 15 is 0 Å². The Bertz CT molecular complexity index is 896. The Morgan fingerprint density at radius 2 is 1.62 bits per heavy atom. The molecule has 0 aliphatic rings. The molecule has 1 aromatic heterocycles. The van der Waals surface area contributed by atoms with Gasteiger partial charge in [-0.2, -0.15) is 0 Å². The van der Waals surface area contributed by atoms with Crippen molar-refractivity contribution in [2.45, 2.75) is 0 Å². The molecule has 0 unspecified atom stereocenters. The van der Waals surface area contributed by atoms with Gasteiger partial charge in [0.25, 0.3) is 0 Å². The van der Waals surface area contributed by atoms with E-state index in [9.17, 15) is 9.59 Å². The number of carbonyl (C=O) groups excluding carboxylic acids is 2. The lowest BCUT2D eigenvalue weighted by Crippen LogP contribution is -2.14. The fraction of sp³-hybridized carbons (Fsp3) is 0.125. The monoisotopic (exact) mass is 362 g/mol. The van der Waals surface area contributed by atoms with Crippen LogP contribution in [0, 0.1) is 0 Å². The van der Waals surface area contributed by atoms with Gasteiger partial charge < -0.3 is 9.47 Å². The molecule has 24 heavy (non-hydrogen) atoms. The van der Waals surface area contributed by atoms with E-state index in [1.165, 1.54) is 0 Å². The first-order valence-electron chi connectivity index (χ1n) is 6.96. The van der Waals surface area contributed by atoms with Crippen LogP contribution in [-0.2, 0) is 9.47 Å². The number of hydrogen-bond acceptors (Lipinski definition) is 7. The lowest BCUT2D eigenvalue weighted by molar-refractivity contribution is 0.0267. The van der Waals surface area contributed by atoms with Crippen LogP contribution in [0.15, 0.2) is 42.5 Å². The second kappa shape index (κ2) is 7.37. The summed E-state index contributed by atoms with van der Waals surface area (Å²) in [6, 6.07) is 11.7. The molecule has 0 bridgehead atoms. The molecule has 122 valence electrons. The molecule has 0 amide bonds. The minimum atomic E-state index is -0.564. The molecule has 0 aliphatic carbocycles. The highest BCUT2D eigenvalue weighted by Crippen LogP contribution is 2.21. The van der Waals surface area contributed by atoms with E-state index in [0.29, 0.717) is 20.8 Å². The summed E-state index contributed by atoms with van der Waals surface area (Å²) < 4.78 is 14.6. The van der Waals surface area contributed by atoms with Gasteiger partial charge in [-0.15, -0.1) is 5.10 Å². The standard InChI is InChI=1S/C16H11ClN2O4S/c17-12-6-2-1-4-10(12)15(20)22-8-9-23-16(21)11-5-3-7-13-14(11)24-19-18-13/h1-7H,8-9H2. The van der Waals surface area contributed by atoms with Crippen LogP contribution >= 0.6 is 23.1 Å². The van der Waals surface area contributed by atoms with Crippen molar-refractivity contribution in [1.82, 2.24) is 9.59 Å². The quantitative estimate of drug-likeness (QED) is 0.511. The zero-order valence-electron chi connectivity index (χ0n) is 12.3. The number of fused-ring (bicyclic) bond motifs is 1. The van der Waals surface area contributed by atoms with Crippen molar-refractivity contribution in [2.24, 2.45) is 0 Å². The summed E-state index contributed by atoms with van der Waals surface area (Å²) in [5.41, 5.74) is 1.30. The number of rotatable bonds is 5. The molecule has 3 aromatic rings. The summed E-state index contributed by atoms with van der Waals surface area (Å²) in [7, 11) is 0. The van der Waals surface area contributed by atoms with Gasteiger partial charge in [0.05, 0.1) is 20.8 Å². The van der Waals surface area contributed by atoms with E-state index in [4.69, 9.17) is 21.1 Å². The smallest absolute Gasteiger partial charge is 0.339 e. The lowest BCUT2D eigenvalue weighted by atomic mass is 10.2. The van der Waals surface area contributed by atoms with Crippen molar-refractivity contribution in [3.63, 3.8) is 0 Å². The first kappa shape index (κ1) is 16.4. The highest BCUT2D eigenvalue weighted by Gasteiger charge is 2.15. The lowest BCUT2D eigenvalue weighted by Gasteiger charge is -2.07. The average Bonchev–Trinajstić information content (AvgIpc) is 3.07. The van der Waals surface area contributed by atoms with Crippen LogP contribution in [-0.4, -0.2) is 34.7 Å². The molecular formula is C16H11ClN2O4S. The van der Waals surface area contributed by atoms with Crippen LogP contribution in [0.5, 0.6) is 0 Å². The molecule has 1 heterocycles. The fourth-order valence-electron chi connectivity index (χ4n) is 2.02. The highest BCUT2D eigenvalue weighted by atomic mass is 35.5. The first-order chi connectivity index (χ1) is 11.7. The minimum Gasteiger partial charge on any atom is -0.458 e. The van der Waals surface area contributed by atoms with Crippen molar-refractivity contribution >= 4 is 45.3 Å². The minimum absolute atomic E-state index is 0.0579. The second-order valence-electron chi connectivity index (χ2n) is 4.68. The van der Waals surface area contributed by atoms with E-state index < -0.39 is 11.9 Å². The summed E-state index contributed by atoms with van der Waals surface area (Å²) in [6.45, 7) is -0.121. The van der Waals surface area contributed by atoms with Gasteiger partial charge in [0.1, 0.15) is 18.7 Å². The zero-order chi connectivity index (χ0) is 16.9. The maximum absolute atomic E-state index is 12.1. The Hall–Kier alpha value is -2.51. The second-order valence-corrected chi connectivity index (χ2v) is 5.84. The van der Waals surface area contributed by atoms with Gasteiger partial charge in [0, 0.05) is 0 Å². The molecule has 8 heteroatoms. The van der Waals surface area contributed by atoms with E-state index in [1.807, 2.05) is 0 Å². The Balaban J connectivity index is 1.53. The molecule has 2 aromatic carbocycles. The number of esters is 2. The van der Waals surface area contributed by atoms with Gasteiger partial charge in [-0.1, -0.05) is 34.3 Å². The van der Waals surface area contributed by atoms with Gasteiger partial charge in [0.2, 0.25) is 0 Å². The van der Waals surface area contributed by atoms with Gasteiger partial charge >= 0.3 is 11.9 Å². The summed E-state index contributed by atoms with van der Waals surface area (Å²) in [4.78, 5) is 24.0. The summed E-state index contributed by atoms with van der Waals surface area (Å²) in [5.74, 6) is -1.08. The van der Waals surface area contributed by atoms with Crippen LogP contribution in [0.2, 0.25) is 5.02 Å². The Labute approximate surface area is 146 Å². The molecular weight excluding hydrogens is 352 g/mol. The highest BCUT2D eigenvalue weighted by molar-refractivity contribution is 7.13. The van der Waals surface area contributed by atoms with Crippen LogP contribution in [0.4, 0.5) is 0 Å². The number of ether oxygens (including phenoxy) is 2. The van der Waals surface area contributed by atoms with Gasteiger partial charge in [-0.05, 0) is 35.8 Å². The van der Waals surface area contributed by atoms with Crippen molar-refractivity contribution in [1.29, 1.82) is 0 Å². The molecule has 0 aliphatic heterocycles. The zero-order valence-corrected chi connectivity index (χ0v) is 13.8. The number of hydrogen-bond donors (Lipinski definition) is 0. The molecule has 0 fully saturated rings. The van der Waals surface area contributed by atoms with E-state index in [1.54, 1.807) is 42.5 Å². The summed E-state index contributed by atoms with van der Waals surface area (Å²) in [5, 5.41) is 4.21. The molecule has 0 saturated carbocycles. The normalized spacial score (nSPS) is 10.5. The van der Waals surface area contributed by atoms with Crippen LogP contribution in [0.1, 0.15) is 20.7 Å². The molecule has 0 radical (unpaired) electrons. The molecule has 3 rings (SSSR count). The van der Waals surface area contributed by atoms with Crippen molar-refractivity contribution < 1.29 is 19.1 Å². The largest absolute Gasteiger partial charge is 0.458 e. The predicted octanol–water partition coefficient (Wildman–Crippen LogP) is 3.36. The summed E-state index contributed by atoms with van der Waals surface area (Å²) >= 11 is 7.03. The Morgan fingerprint density at radius 3 is 2.38 bits per heavy atom. The molecule has 6 nitrogen and oxygen atoms in total. The third kappa shape index (κ3) is 3.52. The van der Waals surface area contributed by atoms with E-state index in [2.05, 4.69) is 9.59 Å². The fourth-order valence-corrected chi connectivity index (χ4v) is 2.89. The van der Waals surface area contributed by atoms with Crippen molar-refractivity contribution in [3.05, 3.63) is 58.6 Å². The Morgan fingerprint density at radius 1 is 0.958 bits per heavy atom. The third-order valence-electron chi connectivity index (χ3n) is 3.14. The van der Waals surface area contributed by atoms with Crippen molar-refractivity contribution in [3.8, 4) is 0 Å². The Kier molecular flexibility index (Phi) is 5.02. The molecule has 0 saturated heterocycles. The maximum Gasteiger partial charge on any atom is 0.339 e. The summed E-state index contributed by atoms with van der Waals surface area (Å²) in [6.07, 6.45) is 0. The molecule has 0 spiro atoms. The average molecular weight is 363 g/mol. The topological polar surface area (TPSA) is 78.4 Å². The van der Waals surface area contributed by atoms with Gasteiger partial charge in [-0.3, -0.25) is 0 Å². The predicted molar refractivity (Wildman–Crippen MR) is 89.4 cm³/mol. The molecule has 0 N–H and O–H groups in total. The number of aromatic nitrogens is 2. The number of carbonyl (C=O) groups is 2. The van der Waals surface area contributed by atoms with Gasteiger partial charge in [0.15, 0.2) is 0 Å². The van der Waals surface area contributed by atoms with Crippen LogP contribution in [0.3, 0.4) is 0 Å². The van der Waals surface area contributed by atoms with E-state index in [0.717, 1.165) is 11.5 Å². The number of nitrogens with zero attached hydrogens (tertiary/aromatic N) is 2. The van der Waals surface area contributed by atoms with E-state index in [-0.39, 0.29) is 18.8 Å². The third-order valence-corrected chi connectivity index (χ3v) is 4.24. The van der Waals surface area contributed by atoms with Gasteiger partial charge in [-0.25, -0.2) is 9.59 Å². The van der Waals surface area contributed by atoms with Crippen LogP contribution < -0.4 is 0 Å². The van der Waals surface area contributed by atoms with Crippen molar-refractivity contribution in [2.75, 3.05) is 13.2 Å². The first-order valence-corrected chi connectivity index (χ1v) is 8.12. The SMILES string of the molecule is O=C(OCCOC(=O)c1cccc2nnsc12)c1ccccc1Cl. The molecule has 0 atom stereocenters.